The van der Waals surface area contributed by atoms with Gasteiger partial charge in [-0.3, -0.25) is 4.79 Å². The molecule has 0 radical (unpaired) electrons. The van der Waals surface area contributed by atoms with E-state index in [1.807, 2.05) is 0 Å². The molecule has 1 amide bonds. The molecule has 23 heavy (non-hydrogen) atoms. The zero-order valence-electron chi connectivity index (χ0n) is 11.6. The summed E-state index contributed by atoms with van der Waals surface area (Å²) in [5, 5.41) is 3.19. The first kappa shape index (κ1) is 16.1. The van der Waals surface area contributed by atoms with E-state index in [9.17, 15) is 13.6 Å². The first-order chi connectivity index (χ1) is 11.0. The molecule has 3 rings (SSSR count). The number of hydrogen-bond donors (Lipinski definition) is 1. The molecule has 1 fully saturated rings. The van der Waals surface area contributed by atoms with Crippen molar-refractivity contribution in [2.75, 3.05) is 5.32 Å². The van der Waals surface area contributed by atoms with Gasteiger partial charge in [-0.2, -0.15) is 0 Å². The van der Waals surface area contributed by atoms with E-state index >= 15 is 0 Å². The van der Waals surface area contributed by atoms with Crippen LogP contribution in [0.4, 0.5) is 14.6 Å². The molecule has 1 heterocycles. The monoisotopic (exact) mass is 357 g/mol. The van der Waals surface area contributed by atoms with Crippen molar-refractivity contribution in [3.05, 3.63) is 51.9 Å². The fraction of sp³-hybridized carbons (Fsp3) is 0.267. The Bertz CT molecular complexity index is 757. The lowest BCUT2D eigenvalue weighted by molar-refractivity contribution is -0.117. The number of rotatable bonds is 4. The Morgan fingerprint density at radius 1 is 1.26 bits per heavy atom. The average Bonchev–Trinajstić information content (AvgIpc) is 3.27. The number of aromatic nitrogens is 2. The van der Waals surface area contributed by atoms with Gasteiger partial charge in [-0.05, 0) is 30.0 Å². The normalized spacial score (nSPS) is 19.7. The summed E-state index contributed by atoms with van der Waals surface area (Å²) >= 11 is 11.6. The van der Waals surface area contributed by atoms with Gasteiger partial charge in [0.25, 0.3) is 6.43 Å². The van der Waals surface area contributed by atoms with Crippen LogP contribution in [0.5, 0.6) is 0 Å². The number of alkyl halides is 2. The predicted molar refractivity (Wildman–Crippen MR) is 82.9 cm³/mol. The van der Waals surface area contributed by atoms with Crippen molar-refractivity contribution in [3.63, 3.8) is 0 Å². The Balaban J connectivity index is 1.74. The lowest BCUT2D eigenvalue weighted by atomic mass is 10.0. The number of halogens is 4. The van der Waals surface area contributed by atoms with Gasteiger partial charge in [0.05, 0.1) is 0 Å². The molecular formula is C15H11Cl2F2N3O. The van der Waals surface area contributed by atoms with Gasteiger partial charge in [0.15, 0.2) is 0 Å². The van der Waals surface area contributed by atoms with E-state index in [1.54, 1.807) is 0 Å². The van der Waals surface area contributed by atoms with Gasteiger partial charge in [-0.15, -0.1) is 0 Å². The molecule has 2 aromatic rings. The summed E-state index contributed by atoms with van der Waals surface area (Å²) in [6.45, 7) is 0. The fourth-order valence-electron chi connectivity index (χ4n) is 2.51. The quantitative estimate of drug-likeness (QED) is 0.821. The predicted octanol–water partition coefficient (Wildman–Crippen LogP) is 4.46. The highest BCUT2D eigenvalue weighted by Gasteiger charge is 2.45. The Hall–Kier alpha value is -1.79. The smallest absolute Gasteiger partial charge is 0.264 e. The molecule has 1 aromatic carbocycles. The summed E-state index contributed by atoms with van der Waals surface area (Å²) < 4.78 is 26.2. The van der Waals surface area contributed by atoms with Crippen LogP contribution in [0.3, 0.4) is 0 Å². The van der Waals surface area contributed by atoms with Gasteiger partial charge in [0.2, 0.25) is 5.91 Å². The number of hydrogen-bond acceptors (Lipinski definition) is 3. The number of nitrogens with zero attached hydrogens (tertiary/aromatic N) is 2. The Kier molecular flexibility index (Phi) is 4.46. The van der Waals surface area contributed by atoms with Crippen LogP contribution in [-0.2, 0) is 4.79 Å². The highest BCUT2D eigenvalue weighted by atomic mass is 35.5. The fourth-order valence-corrected chi connectivity index (χ4v) is 2.84. The second-order valence-corrected chi connectivity index (χ2v) is 6.06. The van der Waals surface area contributed by atoms with Crippen LogP contribution in [0.25, 0.3) is 0 Å². The van der Waals surface area contributed by atoms with E-state index in [-0.39, 0.29) is 34.3 Å². The van der Waals surface area contributed by atoms with Crippen molar-refractivity contribution < 1.29 is 13.6 Å². The summed E-state index contributed by atoms with van der Waals surface area (Å²) in [6, 6.07) is 5.65. The maximum Gasteiger partial charge on any atom is 0.264 e. The van der Waals surface area contributed by atoms with Gasteiger partial charge >= 0.3 is 0 Å². The summed E-state index contributed by atoms with van der Waals surface area (Å²) in [5.74, 6) is -0.666. The lowest BCUT2D eigenvalue weighted by Gasteiger charge is -2.09. The van der Waals surface area contributed by atoms with Gasteiger partial charge in [0, 0.05) is 22.6 Å². The van der Waals surface area contributed by atoms with Crippen LogP contribution in [0.2, 0.25) is 10.2 Å². The van der Waals surface area contributed by atoms with Gasteiger partial charge < -0.3 is 5.32 Å². The van der Waals surface area contributed by atoms with Crippen LogP contribution in [-0.4, -0.2) is 15.9 Å². The van der Waals surface area contributed by atoms with E-state index in [4.69, 9.17) is 23.2 Å². The van der Waals surface area contributed by atoms with Gasteiger partial charge in [-0.1, -0.05) is 29.3 Å². The summed E-state index contributed by atoms with van der Waals surface area (Å²) in [6.07, 6.45) is -0.883. The molecule has 0 saturated heterocycles. The van der Waals surface area contributed by atoms with Gasteiger partial charge in [0.1, 0.15) is 17.3 Å². The zero-order chi connectivity index (χ0) is 16.6. The first-order valence-electron chi connectivity index (χ1n) is 6.81. The third-order valence-corrected chi connectivity index (χ3v) is 4.14. The molecule has 0 unspecified atom stereocenters. The molecule has 1 aliphatic rings. The van der Waals surface area contributed by atoms with Crippen LogP contribution >= 0.6 is 23.2 Å². The SMILES string of the molecule is O=C(Nc1cc(Cl)ncn1)[C@H]1C[C@@H]1c1cc(Cl)ccc1C(F)F. The first-order valence-corrected chi connectivity index (χ1v) is 7.57. The lowest BCUT2D eigenvalue weighted by Crippen LogP contribution is -2.15. The molecule has 1 aromatic heterocycles. The minimum Gasteiger partial charge on any atom is -0.310 e. The van der Waals surface area contributed by atoms with Crippen LogP contribution in [0, 0.1) is 5.92 Å². The van der Waals surface area contributed by atoms with Crippen molar-refractivity contribution >= 4 is 34.9 Å². The second-order valence-electron chi connectivity index (χ2n) is 5.24. The van der Waals surface area contributed by atoms with Crippen LogP contribution in [0.15, 0.2) is 30.6 Å². The number of anilines is 1. The molecule has 120 valence electrons. The van der Waals surface area contributed by atoms with Crippen LogP contribution in [0.1, 0.15) is 29.9 Å². The third-order valence-electron chi connectivity index (χ3n) is 3.70. The molecular weight excluding hydrogens is 347 g/mol. The molecule has 0 bridgehead atoms. The number of benzene rings is 1. The molecule has 1 N–H and O–H groups in total. The van der Waals surface area contributed by atoms with E-state index < -0.39 is 6.43 Å². The molecule has 2 atom stereocenters. The topological polar surface area (TPSA) is 54.9 Å². The van der Waals surface area contributed by atoms with E-state index in [0.29, 0.717) is 17.0 Å². The highest BCUT2D eigenvalue weighted by molar-refractivity contribution is 6.30. The molecule has 8 heteroatoms. The Labute approximate surface area is 140 Å². The molecule has 1 aliphatic carbocycles. The Morgan fingerprint density at radius 3 is 2.74 bits per heavy atom. The summed E-state index contributed by atoms with van der Waals surface area (Å²) in [5.41, 5.74) is 0.341. The molecule has 4 nitrogen and oxygen atoms in total. The highest BCUT2D eigenvalue weighted by Crippen LogP contribution is 2.50. The summed E-state index contributed by atoms with van der Waals surface area (Å²) in [4.78, 5) is 19.8. The Morgan fingerprint density at radius 2 is 2.04 bits per heavy atom. The zero-order valence-corrected chi connectivity index (χ0v) is 13.2. The minimum atomic E-state index is -2.60. The maximum absolute atomic E-state index is 13.1. The second kappa shape index (κ2) is 6.37. The van der Waals surface area contributed by atoms with E-state index in [0.717, 1.165) is 0 Å². The number of carbonyl (C=O) groups excluding carboxylic acids is 1. The average molecular weight is 358 g/mol. The largest absolute Gasteiger partial charge is 0.310 e. The van der Waals surface area contributed by atoms with E-state index in [1.165, 1.54) is 30.6 Å². The molecule has 1 saturated carbocycles. The maximum atomic E-state index is 13.1. The minimum absolute atomic E-state index is 0.0835. The van der Waals surface area contributed by atoms with Crippen LogP contribution < -0.4 is 5.32 Å². The standard InChI is InChI=1S/C15H11Cl2F2N3O/c16-7-1-2-8(14(18)19)9(3-7)10-4-11(10)15(23)22-13-5-12(17)20-6-21-13/h1-3,5-6,10-11,14H,4H2,(H,20,21,22,23)/t10-,11+/m1/s1. The van der Waals surface area contributed by atoms with E-state index in [2.05, 4.69) is 15.3 Å². The molecule has 0 aliphatic heterocycles. The van der Waals surface area contributed by atoms with Crippen molar-refractivity contribution in [2.24, 2.45) is 5.92 Å². The van der Waals surface area contributed by atoms with Crippen molar-refractivity contribution in [1.82, 2.24) is 9.97 Å². The number of carbonyl (C=O) groups is 1. The molecule has 0 spiro atoms. The number of amides is 1. The van der Waals surface area contributed by atoms with Gasteiger partial charge in [-0.25, -0.2) is 18.7 Å². The van der Waals surface area contributed by atoms with Crippen molar-refractivity contribution in [1.29, 1.82) is 0 Å². The van der Waals surface area contributed by atoms with Crippen molar-refractivity contribution in [3.8, 4) is 0 Å². The van der Waals surface area contributed by atoms with Crippen molar-refractivity contribution in [2.45, 2.75) is 18.8 Å². The number of nitrogens with one attached hydrogen (secondary N) is 1. The summed E-state index contributed by atoms with van der Waals surface area (Å²) in [7, 11) is 0. The third kappa shape index (κ3) is 3.59.